The van der Waals surface area contributed by atoms with Crippen LogP contribution in [0.5, 0.6) is 17.2 Å². The lowest BCUT2D eigenvalue weighted by molar-refractivity contribution is 0.101. The predicted octanol–water partition coefficient (Wildman–Crippen LogP) is 4.32. The molecule has 0 aromatic heterocycles. The average molecular weight is 337 g/mol. The molecule has 0 spiro atoms. The highest BCUT2D eigenvalue weighted by atomic mass is 35.5. The minimum atomic E-state index is -0.349. The number of benzene rings is 2. The van der Waals surface area contributed by atoms with Crippen molar-refractivity contribution in [3.63, 3.8) is 0 Å². The van der Waals surface area contributed by atoms with E-state index in [1.54, 1.807) is 24.3 Å². The highest BCUT2D eigenvalue weighted by Crippen LogP contribution is 2.42. The molecule has 0 fully saturated rings. The van der Waals surface area contributed by atoms with Gasteiger partial charge in [0.25, 0.3) is 0 Å². The predicted molar refractivity (Wildman–Crippen MR) is 84.1 cm³/mol. The summed E-state index contributed by atoms with van der Waals surface area (Å²) in [6, 6.07) is 7.86. The Kier molecular flexibility index (Phi) is 3.72. The Bertz CT molecular complexity index is 812. The fourth-order valence-corrected chi connectivity index (χ4v) is 2.60. The van der Waals surface area contributed by atoms with Gasteiger partial charge in [-0.05, 0) is 35.9 Å². The molecule has 0 bridgehead atoms. The van der Waals surface area contributed by atoms with E-state index in [0.29, 0.717) is 16.3 Å². The van der Waals surface area contributed by atoms with Gasteiger partial charge in [0.15, 0.2) is 23.0 Å². The maximum Gasteiger partial charge on any atom is 0.233 e. The Morgan fingerprint density at radius 3 is 2.55 bits per heavy atom. The summed E-state index contributed by atoms with van der Waals surface area (Å²) in [4.78, 5) is 12.4. The number of ether oxygens (including phenoxy) is 2. The number of rotatable bonds is 2. The molecule has 0 atom stereocenters. The van der Waals surface area contributed by atoms with E-state index in [1.807, 2.05) is 0 Å². The van der Waals surface area contributed by atoms with Crippen molar-refractivity contribution < 1.29 is 19.4 Å². The number of aromatic hydroxyl groups is 1. The first-order valence-corrected chi connectivity index (χ1v) is 7.06. The zero-order valence-electron chi connectivity index (χ0n) is 11.4. The van der Waals surface area contributed by atoms with Gasteiger partial charge >= 0.3 is 0 Å². The summed E-state index contributed by atoms with van der Waals surface area (Å²) in [5.74, 6) is 0.307. The number of hydrogen-bond acceptors (Lipinski definition) is 4. The largest absolute Gasteiger partial charge is 0.504 e. The van der Waals surface area contributed by atoms with Gasteiger partial charge in [0.05, 0.1) is 22.7 Å². The second-order valence-corrected chi connectivity index (χ2v) is 5.42. The van der Waals surface area contributed by atoms with Crippen molar-refractivity contribution in [3.05, 3.63) is 57.3 Å². The normalized spacial score (nSPS) is 14.9. The molecule has 0 saturated heterocycles. The van der Waals surface area contributed by atoms with Crippen molar-refractivity contribution >= 4 is 35.1 Å². The van der Waals surface area contributed by atoms with Crippen LogP contribution < -0.4 is 9.47 Å². The Balaban J connectivity index is 2.01. The van der Waals surface area contributed by atoms with E-state index < -0.39 is 0 Å². The molecule has 0 unspecified atom stereocenters. The van der Waals surface area contributed by atoms with Gasteiger partial charge in [-0.3, -0.25) is 4.79 Å². The lowest BCUT2D eigenvalue weighted by Gasteiger charge is -2.04. The highest BCUT2D eigenvalue weighted by Gasteiger charge is 2.31. The maximum atomic E-state index is 12.4. The van der Waals surface area contributed by atoms with E-state index in [9.17, 15) is 9.90 Å². The zero-order valence-corrected chi connectivity index (χ0v) is 12.9. The van der Waals surface area contributed by atoms with Crippen LogP contribution in [0.3, 0.4) is 0 Å². The monoisotopic (exact) mass is 336 g/mol. The fraction of sp³-hybridized carbons (Fsp3) is 0.0625. The Hall–Kier alpha value is -2.17. The second kappa shape index (κ2) is 5.55. The van der Waals surface area contributed by atoms with Crippen molar-refractivity contribution in [3.8, 4) is 17.2 Å². The third-order valence-corrected chi connectivity index (χ3v) is 3.83. The topological polar surface area (TPSA) is 55.8 Å². The molecule has 6 heteroatoms. The molecule has 22 heavy (non-hydrogen) atoms. The summed E-state index contributed by atoms with van der Waals surface area (Å²) in [5, 5.41) is 10.4. The summed E-state index contributed by atoms with van der Waals surface area (Å²) in [6.45, 7) is 0. The lowest BCUT2D eigenvalue weighted by atomic mass is 10.1. The number of allylic oxidation sites excluding steroid dienone is 1. The number of phenolic OH excluding ortho intramolecular Hbond substituents is 1. The molecule has 2 aromatic carbocycles. The Morgan fingerprint density at radius 1 is 1.18 bits per heavy atom. The molecule has 3 rings (SSSR count). The fourth-order valence-electron chi connectivity index (χ4n) is 2.17. The van der Waals surface area contributed by atoms with Gasteiger partial charge in [-0.15, -0.1) is 0 Å². The third-order valence-electron chi connectivity index (χ3n) is 3.22. The van der Waals surface area contributed by atoms with Crippen molar-refractivity contribution in [2.24, 2.45) is 0 Å². The molecule has 1 N–H and O–H groups in total. The van der Waals surface area contributed by atoms with Gasteiger partial charge < -0.3 is 14.6 Å². The first-order valence-electron chi connectivity index (χ1n) is 6.30. The van der Waals surface area contributed by atoms with Crippen LogP contribution in [0.2, 0.25) is 10.0 Å². The van der Waals surface area contributed by atoms with E-state index in [-0.39, 0.29) is 33.6 Å². The van der Waals surface area contributed by atoms with E-state index in [4.69, 9.17) is 32.7 Å². The number of hydrogen-bond donors (Lipinski definition) is 1. The molecule has 112 valence electrons. The van der Waals surface area contributed by atoms with Crippen LogP contribution in [0, 0.1) is 0 Å². The standard InChI is InChI=1S/C16H10Cl2O4/c1-21-12-5-2-8(6-11(12)19)7-13-15(20)14-9(17)3-4-10(18)16(14)22-13/h2-7,19H,1H3/b13-7-. The van der Waals surface area contributed by atoms with Crippen LogP contribution in [-0.4, -0.2) is 18.0 Å². The van der Waals surface area contributed by atoms with Gasteiger partial charge in [0.2, 0.25) is 5.78 Å². The molecule has 2 aromatic rings. The molecule has 0 amide bonds. The molecule has 0 saturated carbocycles. The molecule has 0 aliphatic carbocycles. The minimum absolute atomic E-state index is 0.0316. The maximum absolute atomic E-state index is 12.4. The number of ketones is 1. The van der Waals surface area contributed by atoms with E-state index in [2.05, 4.69) is 0 Å². The molecular formula is C16H10Cl2O4. The smallest absolute Gasteiger partial charge is 0.233 e. The second-order valence-electron chi connectivity index (χ2n) is 4.60. The molecule has 1 aliphatic rings. The van der Waals surface area contributed by atoms with E-state index in [1.165, 1.54) is 19.3 Å². The first kappa shape index (κ1) is 14.8. The van der Waals surface area contributed by atoms with Crippen LogP contribution in [0.25, 0.3) is 6.08 Å². The molecule has 4 nitrogen and oxygen atoms in total. The van der Waals surface area contributed by atoms with Crippen LogP contribution in [0.1, 0.15) is 15.9 Å². The van der Waals surface area contributed by atoms with Crippen LogP contribution in [0.15, 0.2) is 36.1 Å². The third kappa shape index (κ3) is 2.40. The first-order chi connectivity index (χ1) is 10.5. The molecule has 1 heterocycles. The summed E-state index contributed by atoms with van der Waals surface area (Å²) < 4.78 is 10.5. The molecular weight excluding hydrogens is 327 g/mol. The number of carbonyl (C=O) groups is 1. The lowest BCUT2D eigenvalue weighted by Crippen LogP contribution is -1.98. The number of Topliss-reactive ketones (excluding diaryl/α,β-unsaturated/α-hetero) is 1. The van der Waals surface area contributed by atoms with Gasteiger partial charge in [-0.1, -0.05) is 29.3 Å². The Morgan fingerprint density at radius 2 is 1.91 bits per heavy atom. The summed E-state index contributed by atoms with van der Waals surface area (Å²) in [7, 11) is 1.46. The van der Waals surface area contributed by atoms with Gasteiger partial charge in [-0.25, -0.2) is 0 Å². The quantitative estimate of drug-likeness (QED) is 0.829. The number of halogens is 2. The van der Waals surface area contributed by atoms with Crippen LogP contribution in [0.4, 0.5) is 0 Å². The molecule has 0 radical (unpaired) electrons. The average Bonchev–Trinajstić information content (AvgIpc) is 2.82. The van der Waals surface area contributed by atoms with Crippen LogP contribution in [-0.2, 0) is 0 Å². The molecule has 1 aliphatic heterocycles. The minimum Gasteiger partial charge on any atom is -0.504 e. The van der Waals surface area contributed by atoms with Crippen molar-refractivity contribution in [2.75, 3.05) is 7.11 Å². The van der Waals surface area contributed by atoms with Crippen LogP contribution >= 0.6 is 23.2 Å². The zero-order chi connectivity index (χ0) is 15.9. The number of fused-ring (bicyclic) bond motifs is 1. The van der Waals surface area contributed by atoms with Gasteiger partial charge in [-0.2, -0.15) is 0 Å². The van der Waals surface area contributed by atoms with E-state index >= 15 is 0 Å². The highest BCUT2D eigenvalue weighted by molar-refractivity contribution is 6.39. The van der Waals surface area contributed by atoms with Crippen molar-refractivity contribution in [2.45, 2.75) is 0 Å². The SMILES string of the molecule is COc1ccc(/C=C2\Oc3c(Cl)ccc(Cl)c3C2=O)cc1O. The number of phenols is 1. The Labute approximate surface area is 136 Å². The van der Waals surface area contributed by atoms with E-state index in [0.717, 1.165) is 0 Å². The van der Waals surface area contributed by atoms with Gasteiger partial charge in [0, 0.05) is 0 Å². The number of carbonyl (C=O) groups excluding carboxylic acids is 1. The van der Waals surface area contributed by atoms with Crippen molar-refractivity contribution in [1.82, 2.24) is 0 Å². The summed E-state index contributed by atoms with van der Waals surface area (Å²) in [5.41, 5.74) is 0.833. The van der Waals surface area contributed by atoms with Crippen molar-refractivity contribution in [1.29, 1.82) is 0 Å². The summed E-state index contributed by atoms with van der Waals surface area (Å²) in [6.07, 6.45) is 1.51. The summed E-state index contributed by atoms with van der Waals surface area (Å²) >= 11 is 12.0. The van der Waals surface area contributed by atoms with Gasteiger partial charge in [0.1, 0.15) is 0 Å². The number of methoxy groups -OCH3 is 1.